The van der Waals surface area contributed by atoms with Gasteiger partial charge >= 0.3 is 0 Å². The van der Waals surface area contributed by atoms with Crippen molar-refractivity contribution < 1.29 is 15.3 Å². The van der Waals surface area contributed by atoms with Crippen LogP contribution in [0.25, 0.3) is 10.4 Å². The molecule has 0 aliphatic heterocycles. The molecular formula is C8H13N3O3. The van der Waals surface area contributed by atoms with E-state index in [-0.39, 0.29) is 0 Å². The topological polar surface area (TPSA) is 109 Å². The minimum absolute atomic E-state index is 0.544. The molecule has 0 aromatic rings. The summed E-state index contributed by atoms with van der Waals surface area (Å²) >= 11 is 0. The van der Waals surface area contributed by atoms with Gasteiger partial charge in [-0.1, -0.05) is 18.1 Å². The number of hydrogen-bond donors (Lipinski definition) is 3. The van der Waals surface area contributed by atoms with Crippen LogP contribution >= 0.6 is 0 Å². The van der Waals surface area contributed by atoms with Crippen LogP contribution in [0.1, 0.15) is 13.3 Å². The van der Waals surface area contributed by atoms with Crippen molar-refractivity contribution in [3.63, 3.8) is 0 Å². The van der Waals surface area contributed by atoms with Gasteiger partial charge in [-0.3, -0.25) is 0 Å². The molecular weight excluding hydrogens is 186 g/mol. The second-order valence-electron chi connectivity index (χ2n) is 3.22. The number of rotatable bonds is 2. The van der Waals surface area contributed by atoms with Gasteiger partial charge in [0.1, 0.15) is 12.2 Å². The summed E-state index contributed by atoms with van der Waals surface area (Å²) < 4.78 is 0. The second kappa shape index (κ2) is 4.43. The third-order valence-electron chi connectivity index (χ3n) is 2.38. The normalized spacial score (nSPS) is 37.3. The summed E-state index contributed by atoms with van der Waals surface area (Å²) in [7, 11) is 0. The Hall–Kier alpha value is -1.07. The van der Waals surface area contributed by atoms with Crippen LogP contribution in [0.2, 0.25) is 0 Å². The number of nitrogens with zero attached hydrogens (tertiary/aromatic N) is 3. The monoisotopic (exact) mass is 199 g/mol. The molecule has 1 aliphatic carbocycles. The van der Waals surface area contributed by atoms with E-state index < -0.39 is 24.4 Å². The molecule has 14 heavy (non-hydrogen) atoms. The SMILES string of the molecule is CCC1=CC(N=[N+]=[N-])[C@H](O)[C@H](O)C1O. The van der Waals surface area contributed by atoms with Gasteiger partial charge in [-0.25, -0.2) is 0 Å². The molecule has 0 saturated carbocycles. The van der Waals surface area contributed by atoms with Crippen molar-refractivity contribution in [2.24, 2.45) is 5.11 Å². The fourth-order valence-electron chi connectivity index (χ4n) is 1.51. The third kappa shape index (κ3) is 1.88. The molecule has 3 N–H and O–H groups in total. The Bertz CT molecular complexity index is 286. The molecule has 1 rings (SSSR count). The van der Waals surface area contributed by atoms with Gasteiger partial charge in [0.15, 0.2) is 0 Å². The second-order valence-corrected chi connectivity index (χ2v) is 3.22. The Kier molecular flexibility index (Phi) is 3.49. The molecule has 0 amide bonds. The molecule has 0 heterocycles. The molecule has 0 aromatic heterocycles. The van der Waals surface area contributed by atoms with E-state index in [1.165, 1.54) is 6.08 Å². The molecule has 2 unspecified atom stereocenters. The van der Waals surface area contributed by atoms with Crippen LogP contribution in [0.5, 0.6) is 0 Å². The first-order chi connectivity index (χ1) is 6.61. The molecule has 0 spiro atoms. The largest absolute Gasteiger partial charge is 0.390 e. The maximum atomic E-state index is 9.48. The highest BCUT2D eigenvalue weighted by atomic mass is 16.4. The molecule has 6 nitrogen and oxygen atoms in total. The van der Waals surface area contributed by atoms with Crippen molar-refractivity contribution in [3.05, 3.63) is 22.1 Å². The van der Waals surface area contributed by atoms with Gasteiger partial charge in [0.2, 0.25) is 0 Å². The molecule has 6 heteroatoms. The first-order valence-electron chi connectivity index (χ1n) is 4.40. The molecule has 0 saturated heterocycles. The maximum absolute atomic E-state index is 9.48. The highest BCUT2D eigenvalue weighted by molar-refractivity contribution is 5.21. The van der Waals surface area contributed by atoms with E-state index in [0.717, 1.165) is 0 Å². The lowest BCUT2D eigenvalue weighted by molar-refractivity contribution is -0.0574. The van der Waals surface area contributed by atoms with Crippen molar-refractivity contribution in [3.8, 4) is 0 Å². The summed E-state index contributed by atoms with van der Waals surface area (Å²) in [6.07, 6.45) is -1.55. The lowest BCUT2D eigenvalue weighted by atomic mass is 9.87. The predicted octanol–water partition coefficient (Wildman–Crippen LogP) is 0.0980. The van der Waals surface area contributed by atoms with E-state index in [4.69, 9.17) is 5.53 Å². The van der Waals surface area contributed by atoms with Crippen LogP contribution in [-0.2, 0) is 0 Å². The van der Waals surface area contributed by atoms with E-state index >= 15 is 0 Å². The van der Waals surface area contributed by atoms with Crippen LogP contribution in [0.4, 0.5) is 0 Å². The number of aliphatic hydroxyl groups excluding tert-OH is 3. The Morgan fingerprint density at radius 2 is 2.07 bits per heavy atom. The van der Waals surface area contributed by atoms with Crippen LogP contribution < -0.4 is 0 Å². The number of aliphatic hydroxyl groups is 3. The summed E-state index contributed by atoms with van der Waals surface area (Å²) in [5.41, 5.74) is 8.80. The van der Waals surface area contributed by atoms with Gasteiger partial charge in [0.05, 0.1) is 12.1 Å². The Morgan fingerprint density at radius 1 is 1.43 bits per heavy atom. The molecule has 0 fully saturated rings. The lowest BCUT2D eigenvalue weighted by Crippen LogP contribution is -2.47. The minimum Gasteiger partial charge on any atom is -0.390 e. The van der Waals surface area contributed by atoms with Crippen LogP contribution in [0.3, 0.4) is 0 Å². The Labute approximate surface area is 81.1 Å². The first-order valence-corrected chi connectivity index (χ1v) is 4.40. The van der Waals surface area contributed by atoms with Crippen LogP contribution in [-0.4, -0.2) is 39.7 Å². The van der Waals surface area contributed by atoms with Gasteiger partial charge in [-0.05, 0) is 17.5 Å². The summed E-state index contributed by atoms with van der Waals surface area (Å²) in [5.74, 6) is 0. The molecule has 4 atom stereocenters. The molecule has 0 bridgehead atoms. The third-order valence-corrected chi connectivity index (χ3v) is 2.38. The zero-order valence-electron chi connectivity index (χ0n) is 7.78. The summed E-state index contributed by atoms with van der Waals surface area (Å²) in [6.45, 7) is 1.81. The minimum atomic E-state index is -1.29. The van der Waals surface area contributed by atoms with Crippen LogP contribution in [0, 0.1) is 0 Å². The lowest BCUT2D eigenvalue weighted by Gasteiger charge is -2.32. The number of azide groups is 1. The van der Waals surface area contributed by atoms with E-state index in [1.54, 1.807) is 0 Å². The van der Waals surface area contributed by atoms with Crippen molar-refractivity contribution in [1.29, 1.82) is 0 Å². The fraction of sp³-hybridized carbons (Fsp3) is 0.750. The average molecular weight is 199 g/mol. The van der Waals surface area contributed by atoms with Gasteiger partial charge in [0, 0.05) is 4.91 Å². The summed E-state index contributed by atoms with van der Waals surface area (Å²) in [6, 6.07) is -0.798. The predicted molar refractivity (Wildman–Crippen MR) is 49.3 cm³/mol. The standard InChI is InChI=1S/C8H13N3O3/c1-2-4-3-5(10-11-9)7(13)8(14)6(4)12/h3,5-8,12-14H,2H2,1H3/t5?,6?,7-,8+/m0/s1. The highest BCUT2D eigenvalue weighted by Crippen LogP contribution is 2.24. The summed E-state index contributed by atoms with van der Waals surface area (Å²) in [4.78, 5) is 2.57. The van der Waals surface area contributed by atoms with Crippen molar-refractivity contribution in [2.45, 2.75) is 37.7 Å². The molecule has 78 valence electrons. The van der Waals surface area contributed by atoms with Gasteiger partial charge in [0.25, 0.3) is 0 Å². The van der Waals surface area contributed by atoms with Crippen molar-refractivity contribution in [1.82, 2.24) is 0 Å². The van der Waals surface area contributed by atoms with E-state index in [2.05, 4.69) is 10.0 Å². The average Bonchev–Trinajstić information content (AvgIpc) is 2.19. The van der Waals surface area contributed by atoms with E-state index in [9.17, 15) is 15.3 Å². The smallest absolute Gasteiger partial charge is 0.110 e. The quantitative estimate of drug-likeness (QED) is 0.254. The molecule has 1 aliphatic rings. The van der Waals surface area contributed by atoms with Crippen LogP contribution in [0.15, 0.2) is 16.8 Å². The maximum Gasteiger partial charge on any atom is 0.110 e. The van der Waals surface area contributed by atoms with Gasteiger partial charge in [-0.2, -0.15) is 0 Å². The zero-order valence-corrected chi connectivity index (χ0v) is 7.78. The van der Waals surface area contributed by atoms with E-state index in [1.807, 2.05) is 6.92 Å². The summed E-state index contributed by atoms with van der Waals surface area (Å²) in [5, 5.41) is 31.7. The Balaban J connectivity index is 2.98. The van der Waals surface area contributed by atoms with Crippen molar-refractivity contribution in [2.75, 3.05) is 0 Å². The first kappa shape index (κ1) is 11.0. The molecule has 0 radical (unpaired) electrons. The highest BCUT2D eigenvalue weighted by Gasteiger charge is 2.35. The molecule has 0 aromatic carbocycles. The van der Waals surface area contributed by atoms with Gasteiger partial charge < -0.3 is 15.3 Å². The van der Waals surface area contributed by atoms with Gasteiger partial charge in [-0.15, -0.1) is 0 Å². The number of hydrogen-bond acceptors (Lipinski definition) is 4. The Morgan fingerprint density at radius 3 is 2.57 bits per heavy atom. The fourth-order valence-corrected chi connectivity index (χ4v) is 1.51. The zero-order chi connectivity index (χ0) is 10.7. The van der Waals surface area contributed by atoms with E-state index in [0.29, 0.717) is 12.0 Å². The van der Waals surface area contributed by atoms with Crippen molar-refractivity contribution >= 4 is 0 Å².